The SMILES string of the molecule is COc1cccc(O)c1C(=O)Nc1ccc(N2C(=O)CC(=O)Nc3c2ccc2ccccc32)cc1. The summed E-state index contributed by atoms with van der Waals surface area (Å²) in [6.45, 7) is 0. The predicted molar refractivity (Wildman–Crippen MR) is 133 cm³/mol. The molecule has 0 saturated heterocycles. The fourth-order valence-corrected chi connectivity index (χ4v) is 4.20. The van der Waals surface area contributed by atoms with Crippen LogP contribution in [-0.2, 0) is 9.59 Å². The van der Waals surface area contributed by atoms with Crippen molar-refractivity contribution in [2.24, 2.45) is 0 Å². The van der Waals surface area contributed by atoms with E-state index in [0.29, 0.717) is 22.7 Å². The summed E-state index contributed by atoms with van der Waals surface area (Å²) in [7, 11) is 1.42. The number of amides is 3. The summed E-state index contributed by atoms with van der Waals surface area (Å²) in [5, 5.41) is 17.5. The third kappa shape index (κ3) is 4.02. The number of hydrogen-bond acceptors (Lipinski definition) is 5. The molecule has 4 aromatic rings. The highest BCUT2D eigenvalue weighted by Gasteiger charge is 2.28. The highest BCUT2D eigenvalue weighted by atomic mass is 16.5. The van der Waals surface area contributed by atoms with Gasteiger partial charge in [-0.25, -0.2) is 0 Å². The summed E-state index contributed by atoms with van der Waals surface area (Å²) in [4.78, 5) is 39.7. The zero-order chi connectivity index (χ0) is 24.5. The normalized spacial score (nSPS) is 13.1. The first-order valence-corrected chi connectivity index (χ1v) is 10.9. The Labute approximate surface area is 200 Å². The fourth-order valence-electron chi connectivity index (χ4n) is 4.20. The van der Waals surface area contributed by atoms with Gasteiger partial charge in [-0.3, -0.25) is 19.3 Å². The molecule has 4 aromatic carbocycles. The van der Waals surface area contributed by atoms with Crippen molar-refractivity contribution < 1.29 is 24.2 Å². The van der Waals surface area contributed by atoms with Crippen molar-refractivity contribution in [1.82, 2.24) is 0 Å². The lowest BCUT2D eigenvalue weighted by atomic mass is 10.1. The van der Waals surface area contributed by atoms with Crippen LogP contribution in [0.15, 0.2) is 78.9 Å². The molecule has 0 aromatic heterocycles. The number of ether oxygens (including phenoxy) is 1. The van der Waals surface area contributed by atoms with Crippen LogP contribution in [0, 0.1) is 0 Å². The van der Waals surface area contributed by atoms with E-state index in [1.807, 2.05) is 30.3 Å². The number of rotatable bonds is 4. The first-order chi connectivity index (χ1) is 17.0. The van der Waals surface area contributed by atoms with Gasteiger partial charge in [0.15, 0.2) is 0 Å². The van der Waals surface area contributed by atoms with Crippen molar-refractivity contribution in [3.05, 3.63) is 84.4 Å². The van der Waals surface area contributed by atoms with Gasteiger partial charge in [-0.2, -0.15) is 0 Å². The highest BCUT2D eigenvalue weighted by Crippen LogP contribution is 2.40. The Hall–Kier alpha value is -4.85. The zero-order valence-electron chi connectivity index (χ0n) is 18.7. The standard InChI is InChI=1S/C27H21N3O5/c1-35-22-8-4-7-21(31)25(22)27(34)28-17-10-12-18(13-11-17)30-20-14-9-16-5-2-3-6-19(16)26(20)29-23(32)15-24(30)33/h2-14,31H,15H2,1H3,(H,28,34)(H,29,32). The molecular weight excluding hydrogens is 446 g/mol. The zero-order valence-corrected chi connectivity index (χ0v) is 18.7. The van der Waals surface area contributed by atoms with Crippen LogP contribution < -0.4 is 20.3 Å². The molecule has 3 amide bonds. The van der Waals surface area contributed by atoms with Crippen LogP contribution in [0.2, 0.25) is 0 Å². The van der Waals surface area contributed by atoms with Crippen LogP contribution in [0.4, 0.5) is 22.7 Å². The van der Waals surface area contributed by atoms with Gasteiger partial charge in [0.1, 0.15) is 23.5 Å². The average molecular weight is 467 g/mol. The molecule has 8 heteroatoms. The molecule has 0 aliphatic carbocycles. The van der Waals surface area contributed by atoms with E-state index < -0.39 is 5.91 Å². The number of anilines is 4. The molecule has 0 spiro atoms. The molecule has 1 aliphatic heterocycles. The third-order valence-corrected chi connectivity index (χ3v) is 5.81. The number of aromatic hydroxyl groups is 1. The highest BCUT2D eigenvalue weighted by molar-refractivity contribution is 6.21. The van der Waals surface area contributed by atoms with E-state index in [0.717, 1.165) is 10.8 Å². The summed E-state index contributed by atoms with van der Waals surface area (Å²) >= 11 is 0. The van der Waals surface area contributed by atoms with Crippen LogP contribution in [0.5, 0.6) is 11.5 Å². The van der Waals surface area contributed by atoms with Crippen LogP contribution in [0.25, 0.3) is 10.8 Å². The minimum absolute atomic E-state index is 0.0205. The maximum absolute atomic E-state index is 13.0. The molecule has 174 valence electrons. The Kier molecular flexibility index (Phi) is 5.54. The molecule has 1 aliphatic rings. The molecule has 0 saturated carbocycles. The quantitative estimate of drug-likeness (QED) is 0.373. The lowest BCUT2D eigenvalue weighted by Gasteiger charge is -2.23. The average Bonchev–Trinajstić information content (AvgIpc) is 2.98. The summed E-state index contributed by atoms with van der Waals surface area (Å²) in [6.07, 6.45) is -0.297. The fraction of sp³-hybridized carbons (Fsp3) is 0.0741. The van der Waals surface area contributed by atoms with Crippen LogP contribution in [0.1, 0.15) is 16.8 Å². The van der Waals surface area contributed by atoms with Crippen molar-refractivity contribution in [3.63, 3.8) is 0 Å². The molecule has 0 atom stereocenters. The maximum atomic E-state index is 13.0. The number of nitrogens with zero attached hydrogens (tertiary/aromatic N) is 1. The van der Waals surface area contributed by atoms with Gasteiger partial charge in [-0.05, 0) is 47.9 Å². The van der Waals surface area contributed by atoms with Gasteiger partial charge < -0.3 is 20.5 Å². The number of phenols is 1. The lowest BCUT2D eigenvalue weighted by Crippen LogP contribution is -2.26. The van der Waals surface area contributed by atoms with Crippen LogP contribution >= 0.6 is 0 Å². The Morgan fingerprint density at radius 2 is 1.74 bits per heavy atom. The summed E-state index contributed by atoms with van der Waals surface area (Å²) < 4.78 is 5.18. The largest absolute Gasteiger partial charge is 0.507 e. The number of fused-ring (bicyclic) bond motifs is 3. The van der Waals surface area contributed by atoms with Crippen LogP contribution in [-0.4, -0.2) is 29.9 Å². The van der Waals surface area contributed by atoms with Gasteiger partial charge in [-0.1, -0.05) is 36.4 Å². The third-order valence-electron chi connectivity index (χ3n) is 5.81. The van der Waals surface area contributed by atoms with Gasteiger partial charge in [0.25, 0.3) is 5.91 Å². The van der Waals surface area contributed by atoms with Gasteiger partial charge in [-0.15, -0.1) is 0 Å². The number of benzene rings is 4. The number of phenolic OH excluding ortho intramolecular Hbond substituents is 1. The molecule has 0 radical (unpaired) electrons. The molecular formula is C27H21N3O5. The van der Waals surface area contributed by atoms with Crippen molar-refractivity contribution >= 4 is 51.2 Å². The van der Waals surface area contributed by atoms with E-state index in [9.17, 15) is 19.5 Å². The number of methoxy groups -OCH3 is 1. The Balaban J connectivity index is 1.49. The van der Waals surface area contributed by atoms with Crippen LogP contribution in [0.3, 0.4) is 0 Å². The number of carbonyl (C=O) groups excluding carboxylic acids is 3. The van der Waals surface area contributed by atoms with Gasteiger partial charge in [0.2, 0.25) is 11.8 Å². The molecule has 0 unspecified atom stereocenters. The predicted octanol–water partition coefficient (Wildman–Crippen LogP) is 4.81. The summed E-state index contributed by atoms with van der Waals surface area (Å²) in [6, 6.07) is 22.6. The van der Waals surface area contributed by atoms with Gasteiger partial charge in [0, 0.05) is 16.8 Å². The Bertz CT molecular complexity index is 1480. The van der Waals surface area contributed by atoms with E-state index in [2.05, 4.69) is 10.6 Å². The maximum Gasteiger partial charge on any atom is 0.263 e. The van der Waals surface area contributed by atoms with E-state index in [1.165, 1.54) is 18.1 Å². The molecule has 8 nitrogen and oxygen atoms in total. The van der Waals surface area contributed by atoms with Gasteiger partial charge >= 0.3 is 0 Å². The second-order valence-electron chi connectivity index (χ2n) is 7.99. The Morgan fingerprint density at radius 1 is 0.971 bits per heavy atom. The van der Waals surface area contributed by atoms with Crippen molar-refractivity contribution in [3.8, 4) is 11.5 Å². The molecule has 35 heavy (non-hydrogen) atoms. The Morgan fingerprint density at radius 3 is 2.51 bits per heavy atom. The number of hydrogen-bond donors (Lipinski definition) is 3. The first-order valence-electron chi connectivity index (χ1n) is 10.9. The topological polar surface area (TPSA) is 108 Å². The second kappa shape index (κ2) is 8.83. The minimum atomic E-state index is -0.537. The van der Waals surface area contributed by atoms with E-state index in [4.69, 9.17) is 4.74 Å². The monoisotopic (exact) mass is 467 g/mol. The molecule has 0 fully saturated rings. The molecule has 3 N–H and O–H groups in total. The van der Waals surface area contributed by atoms with Crippen molar-refractivity contribution in [1.29, 1.82) is 0 Å². The second-order valence-corrected chi connectivity index (χ2v) is 7.99. The molecule has 1 heterocycles. The van der Waals surface area contributed by atoms with E-state index in [-0.39, 0.29) is 35.3 Å². The molecule has 0 bridgehead atoms. The number of nitrogens with one attached hydrogen (secondary N) is 2. The summed E-state index contributed by atoms with van der Waals surface area (Å²) in [5.74, 6) is -1.24. The van der Waals surface area contributed by atoms with Crippen molar-refractivity contribution in [2.45, 2.75) is 6.42 Å². The van der Waals surface area contributed by atoms with Gasteiger partial charge in [0.05, 0.1) is 18.5 Å². The lowest BCUT2D eigenvalue weighted by molar-refractivity contribution is -0.124. The smallest absolute Gasteiger partial charge is 0.263 e. The van der Waals surface area contributed by atoms with E-state index >= 15 is 0 Å². The summed E-state index contributed by atoms with van der Waals surface area (Å²) in [5.41, 5.74) is 2.16. The van der Waals surface area contributed by atoms with E-state index in [1.54, 1.807) is 42.5 Å². The first kappa shape index (κ1) is 22.0. The number of carbonyl (C=O) groups is 3. The molecule has 5 rings (SSSR count). The minimum Gasteiger partial charge on any atom is -0.507 e. The van der Waals surface area contributed by atoms with Crippen molar-refractivity contribution in [2.75, 3.05) is 22.6 Å².